The van der Waals surface area contributed by atoms with Crippen molar-refractivity contribution < 1.29 is 9.53 Å². The number of carbonyl (C=O) groups excluding carboxylic acids is 1. The standard InChI is InChI=1S/C15H18ClNO2/c1-11-9-17(10-12(2)19-11)15(18)8-5-13-3-6-14(16)7-4-13/h3-8,11-12H,9-10H2,1-2H3/b8-5+/t11-,12+. The first kappa shape index (κ1) is 14.1. The molecule has 0 saturated carbocycles. The molecular weight excluding hydrogens is 262 g/mol. The summed E-state index contributed by atoms with van der Waals surface area (Å²) in [5.41, 5.74) is 0.965. The maximum Gasteiger partial charge on any atom is 0.246 e. The van der Waals surface area contributed by atoms with E-state index in [1.165, 1.54) is 0 Å². The lowest BCUT2D eigenvalue weighted by Crippen LogP contribution is -2.47. The van der Waals surface area contributed by atoms with Crippen LogP contribution in [0.2, 0.25) is 5.02 Å². The van der Waals surface area contributed by atoms with E-state index in [9.17, 15) is 4.79 Å². The molecule has 102 valence electrons. The highest BCUT2D eigenvalue weighted by atomic mass is 35.5. The lowest BCUT2D eigenvalue weighted by Gasteiger charge is -2.34. The van der Waals surface area contributed by atoms with Gasteiger partial charge in [0.25, 0.3) is 0 Å². The second-order valence-electron chi connectivity index (χ2n) is 4.89. The molecule has 1 aromatic rings. The monoisotopic (exact) mass is 279 g/mol. The second-order valence-corrected chi connectivity index (χ2v) is 5.32. The number of morpholine rings is 1. The van der Waals surface area contributed by atoms with Crippen LogP contribution in [0.15, 0.2) is 30.3 Å². The van der Waals surface area contributed by atoms with Gasteiger partial charge in [-0.05, 0) is 37.6 Å². The minimum atomic E-state index is 0.0250. The number of hydrogen-bond donors (Lipinski definition) is 0. The van der Waals surface area contributed by atoms with Crippen LogP contribution in [0.3, 0.4) is 0 Å². The summed E-state index contributed by atoms with van der Waals surface area (Å²) in [5.74, 6) is 0.0250. The largest absolute Gasteiger partial charge is 0.372 e. The fraction of sp³-hybridized carbons (Fsp3) is 0.400. The number of nitrogens with zero attached hydrogens (tertiary/aromatic N) is 1. The van der Waals surface area contributed by atoms with Crippen molar-refractivity contribution in [3.8, 4) is 0 Å². The molecule has 1 fully saturated rings. The number of carbonyl (C=O) groups is 1. The third kappa shape index (κ3) is 4.08. The second kappa shape index (κ2) is 6.22. The van der Waals surface area contributed by atoms with E-state index >= 15 is 0 Å². The minimum absolute atomic E-state index is 0.0250. The molecule has 1 amide bonds. The molecule has 0 unspecified atom stereocenters. The smallest absolute Gasteiger partial charge is 0.246 e. The number of hydrogen-bond acceptors (Lipinski definition) is 2. The first-order valence-electron chi connectivity index (χ1n) is 6.42. The zero-order valence-corrected chi connectivity index (χ0v) is 11.9. The van der Waals surface area contributed by atoms with Crippen molar-refractivity contribution in [2.75, 3.05) is 13.1 Å². The molecule has 0 N–H and O–H groups in total. The van der Waals surface area contributed by atoms with Crippen LogP contribution in [0.1, 0.15) is 19.4 Å². The number of halogens is 1. The topological polar surface area (TPSA) is 29.5 Å². The highest BCUT2D eigenvalue weighted by molar-refractivity contribution is 6.30. The highest BCUT2D eigenvalue weighted by Crippen LogP contribution is 2.13. The lowest BCUT2D eigenvalue weighted by atomic mass is 10.2. The predicted octanol–water partition coefficient (Wildman–Crippen LogP) is 2.99. The Labute approximate surface area is 118 Å². The minimum Gasteiger partial charge on any atom is -0.372 e. The zero-order chi connectivity index (χ0) is 13.8. The molecule has 3 nitrogen and oxygen atoms in total. The molecule has 0 bridgehead atoms. The van der Waals surface area contributed by atoms with E-state index in [0.29, 0.717) is 18.1 Å². The van der Waals surface area contributed by atoms with Crippen molar-refractivity contribution in [1.29, 1.82) is 0 Å². The van der Waals surface area contributed by atoms with Crippen molar-refractivity contribution in [3.63, 3.8) is 0 Å². The van der Waals surface area contributed by atoms with Gasteiger partial charge in [-0.2, -0.15) is 0 Å². The molecule has 4 heteroatoms. The van der Waals surface area contributed by atoms with E-state index in [0.717, 1.165) is 5.56 Å². The summed E-state index contributed by atoms with van der Waals surface area (Å²) >= 11 is 5.82. The Morgan fingerprint density at radius 1 is 1.26 bits per heavy atom. The van der Waals surface area contributed by atoms with Crippen molar-refractivity contribution in [2.24, 2.45) is 0 Å². The molecule has 1 aliphatic heterocycles. The van der Waals surface area contributed by atoms with Gasteiger partial charge < -0.3 is 9.64 Å². The number of amides is 1. The predicted molar refractivity (Wildman–Crippen MR) is 77.1 cm³/mol. The van der Waals surface area contributed by atoms with Gasteiger partial charge in [0.1, 0.15) is 0 Å². The van der Waals surface area contributed by atoms with E-state index in [1.807, 2.05) is 49.1 Å². The van der Waals surface area contributed by atoms with Crippen molar-refractivity contribution in [3.05, 3.63) is 40.9 Å². The quantitative estimate of drug-likeness (QED) is 0.779. The van der Waals surface area contributed by atoms with Crippen LogP contribution in [0.5, 0.6) is 0 Å². The van der Waals surface area contributed by atoms with Gasteiger partial charge in [0.2, 0.25) is 5.91 Å². The molecule has 1 aromatic carbocycles. The molecule has 0 aliphatic carbocycles. The summed E-state index contributed by atoms with van der Waals surface area (Å²) < 4.78 is 5.61. The van der Waals surface area contributed by atoms with Crippen LogP contribution in [0.25, 0.3) is 6.08 Å². The lowest BCUT2D eigenvalue weighted by molar-refractivity contribution is -0.137. The molecule has 1 saturated heterocycles. The van der Waals surface area contributed by atoms with Crippen LogP contribution >= 0.6 is 11.6 Å². The summed E-state index contributed by atoms with van der Waals surface area (Å²) in [6.07, 6.45) is 3.60. The average Bonchev–Trinajstić information content (AvgIpc) is 2.36. The number of ether oxygens (including phenoxy) is 1. The Hall–Kier alpha value is -1.32. The zero-order valence-electron chi connectivity index (χ0n) is 11.2. The van der Waals surface area contributed by atoms with Gasteiger partial charge in [-0.3, -0.25) is 4.79 Å². The van der Waals surface area contributed by atoms with Gasteiger partial charge in [-0.25, -0.2) is 0 Å². The van der Waals surface area contributed by atoms with Gasteiger partial charge >= 0.3 is 0 Å². The third-order valence-corrected chi connectivity index (χ3v) is 3.27. The molecule has 2 rings (SSSR count). The van der Waals surface area contributed by atoms with Crippen LogP contribution in [0.4, 0.5) is 0 Å². The Bertz CT molecular complexity index is 460. The Morgan fingerprint density at radius 3 is 2.42 bits per heavy atom. The van der Waals surface area contributed by atoms with E-state index in [4.69, 9.17) is 16.3 Å². The summed E-state index contributed by atoms with van der Waals surface area (Å²) in [5, 5.41) is 0.694. The Balaban J connectivity index is 1.98. The van der Waals surface area contributed by atoms with Gasteiger partial charge in [0.15, 0.2) is 0 Å². The van der Waals surface area contributed by atoms with Crippen LogP contribution < -0.4 is 0 Å². The number of benzene rings is 1. The normalized spacial score (nSPS) is 23.8. The van der Waals surface area contributed by atoms with Crippen LogP contribution in [-0.4, -0.2) is 36.1 Å². The summed E-state index contributed by atoms with van der Waals surface area (Å²) in [7, 11) is 0. The molecule has 0 radical (unpaired) electrons. The van der Waals surface area contributed by atoms with E-state index in [2.05, 4.69) is 0 Å². The summed E-state index contributed by atoms with van der Waals surface area (Å²) in [6.45, 7) is 5.26. The molecule has 0 aromatic heterocycles. The van der Waals surface area contributed by atoms with E-state index < -0.39 is 0 Å². The fourth-order valence-corrected chi connectivity index (χ4v) is 2.33. The van der Waals surface area contributed by atoms with Crippen molar-refractivity contribution >= 4 is 23.6 Å². The molecule has 1 aliphatic rings. The van der Waals surface area contributed by atoms with E-state index in [-0.39, 0.29) is 18.1 Å². The van der Waals surface area contributed by atoms with Gasteiger partial charge in [-0.1, -0.05) is 23.7 Å². The number of rotatable bonds is 2. The van der Waals surface area contributed by atoms with Gasteiger partial charge in [-0.15, -0.1) is 0 Å². The van der Waals surface area contributed by atoms with Crippen molar-refractivity contribution in [1.82, 2.24) is 4.90 Å². The van der Waals surface area contributed by atoms with Crippen LogP contribution in [0, 0.1) is 0 Å². The first-order valence-corrected chi connectivity index (χ1v) is 6.80. The third-order valence-electron chi connectivity index (χ3n) is 3.02. The molecule has 2 atom stereocenters. The maximum absolute atomic E-state index is 12.1. The summed E-state index contributed by atoms with van der Waals surface area (Å²) in [4.78, 5) is 13.9. The highest BCUT2D eigenvalue weighted by Gasteiger charge is 2.24. The first-order chi connectivity index (χ1) is 9.04. The van der Waals surface area contributed by atoms with Crippen LogP contribution in [-0.2, 0) is 9.53 Å². The average molecular weight is 280 g/mol. The molecular formula is C15H18ClNO2. The Morgan fingerprint density at radius 2 is 1.84 bits per heavy atom. The van der Waals surface area contributed by atoms with Gasteiger partial charge in [0, 0.05) is 24.2 Å². The van der Waals surface area contributed by atoms with Crippen molar-refractivity contribution in [2.45, 2.75) is 26.1 Å². The molecule has 1 heterocycles. The maximum atomic E-state index is 12.1. The van der Waals surface area contributed by atoms with Gasteiger partial charge in [0.05, 0.1) is 12.2 Å². The Kier molecular flexibility index (Phi) is 4.61. The van der Waals surface area contributed by atoms with E-state index in [1.54, 1.807) is 6.08 Å². The SMILES string of the molecule is C[C@@H]1CN(C(=O)/C=C/c2ccc(Cl)cc2)C[C@H](C)O1. The molecule has 19 heavy (non-hydrogen) atoms. The summed E-state index contributed by atoms with van der Waals surface area (Å²) in [6, 6.07) is 7.39. The fourth-order valence-electron chi connectivity index (χ4n) is 2.20. The molecule has 0 spiro atoms.